The minimum Gasteiger partial charge on any atom is -0.314 e. The summed E-state index contributed by atoms with van der Waals surface area (Å²) in [5.74, 6) is 0. The van der Waals surface area contributed by atoms with E-state index in [9.17, 15) is 0 Å². The molecule has 1 saturated carbocycles. The topological polar surface area (TPSA) is 12.0 Å². The average Bonchev–Trinajstić information content (AvgIpc) is 2.41. The van der Waals surface area contributed by atoms with E-state index in [1.807, 2.05) is 0 Å². The van der Waals surface area contributed by atoms with E-state index in [-0.39, 0.29) is 0 Å². The first-order chi connectivity index (χ1) is 9.10. The third-order valence-corrected chi connectivity index (χ3v) is 5.01. The Morgan fingerprint density at radius 3 is 2.32 bits per heavy atom. The van der Waals surface area contributed by atoms with Gasteiger partial charge in [0.05, 0.1) is 0 Å². The van der Waals surface area contributed by atoms with Gasteiger partial charge in [-0.05, 0) is 65.0 Å². The molecule has 1 aliphatic carbocycles. The standard InChI is InChI=1S/C17H26IN/c1-14(2)19-13-17(10-4-3-5-11-17)12-15-6-8-16(18)9-7-15/h6-9,14,19H,3-5,10-13H2,1-2H3. The molecule has 0 radical (unpaired) electrons. The van der Waals surface area contributed by atoms with E-state index in [0.717, 1.165) is 0 Å². The Morgan fingerprint density at radius 2 is 1.74 bits per heavy atom. The molecule has 1 fully saturated rings. The summed E-state index contributed by atoms with van der Waals surface area (Å²) in [6.45, 7) is 5.68. The van der Waals surface area contributed by atoms with Crippen LogP contribution in [0.25, 0.3) is 0 Å². The van der Waals surface area contributed by atoms with Crippen molar-refractivity contribution in [1.82, 2.24) is 5.32 Å². The molecule has 19 heavy (non-hydrogen) atoms. The van der Waals surface area contributed by atoms with Gasteiger partial charge >= 0.3 is 0 Å². The summed E-state index contributed by atoms with van der Waals surface area (Å²) < 4.78 is 1.33. The Balaban J connectivity index is 2.06. The van der Waals surface area contributed by atoms with Gasteiger partial charge in [-0.3, -0.25) is 0 Å². The number of hydrogen-bond donors (Lipinski definition) is 1. The second-order valence-corrected chi connectivity index (χ2v) is 7.65. The van der Waals surface area contributed by atoms with Gasteiger partial charge < -0.3 is 5.32 Å². The zero-order chi connectivity index (χ0) is 13.7. The molecule has 1 aromatic rings. The molecule has 0 saturated heterocycles. The van der Waals surface area contributed by atoms with Crippen LogP contribution in [0.15, 0.2) is 24.3 Å². The quantitative estimate of drug-likeness (QED) is 0.735. The Labute approximate surface area is 131 Å². The summed E-state index contributed by atoms with van der Waals surface area (Å²) in [5, 5.41) is 3.69. The molecular formula is C17H26IN. The minimum absolute atomic E-state index is 0.495. The fourth-order valence-electron chi connectivity index (χ4n) is 3.17. The van der Waals surface area contributed by atoms with Crippen LogP contribution in [0, 0.1) is 8.99 Å². The van der Waals surface area contributed by atoms with Gasteiger partial charge in [0.15, 0.2) is 0 Å². The Hall–Kier alpha value is -0.0900. The predicted molar refractivity (Wildman–Crippen MR) is 91.5 cm³/mol. The first kappa shape index (κ1) is 15.3. The van der Waals surface area contributed by atoms with E-state index in [4.69, 9.17) is 0 Å². The highest BCUT2D eigenvalue weighted by Gasteiger charge is 2.31. The molecule has 0 amide bonds. The van der Waals surface area contributed by atoms with E-state index in [0.29, 0.717) is 11.5 Å². The SMILES string of the molecule is CC(C)NCC1(Cc2ccc(I)cc2)CCCCC1. The fourth-order valence-corrected chi connectivity index (χ4v) is 3.53. The summed E-state index contributed by atoms with van der Waals surface area (Å²) in [4.78, 5) is 0. The summed E-state index contributed by atoms with van der Waals surface area (Å²) in [6, 6.07) is 9.70. The van der Waals surface area contributed by atoms with Crippen LogP contribution in [-0.2, 0) is 6.42 Å². The van der Waals surface area contributed by atoms with Crippen molar-refractivity contribution in [3.63, 3.8) is 0 Å². The molecule has 1 nitrogen and oxygen atoms in total. The number of hydrogen-bond acceptors (Lipinski definition) is 1. The third kappa shape index (κ3) is 4.75. The van der Waals surface area contributed by atoms with Crippen molar-refractivity contribution in [2.75, 3.05) is 6.54 Å². The maximum atomic E-state index is 3.69. The normalized spacial score (nSPS) is 18.7. The lowest BCUT2D eigenvalue weighted by molar-refractivity contribution is 0.176. The zero-order valence-electron chi connectivity index (χ0n) is 12.2. The van der Waals surface area contributed by atoms with Crippen molar-refractivity contribution in [2.24, 2.45) is 5.41 Å². The first-order valence-corrected chi connectivity index (χ1v) is 8.65. The molecule has 0 aromatic heterocycles. The number of rotatable bonds is 5. The molecule has 2 heteroatoms. The lowest BCUT2D eigenvalue weighted by Gasteiger charge is -2.38. The second-order valence-electron chi connectivity index (χ2n) is 6.40. The predicted octanol–water partition coefficient (Wildman–Crippen LogP) is 4.78. The van der Waals surface area contributed by atoms with Crippen molar-refractivity contribution in [2.45, 2.75) is 58.4 Å². The number of benzene rings is 1. The average molecular weight is 371 g/mol. The van der Waals surface area contributed by atoms with Crippen molar-refractivity contribution < 1.29 is 0 Å². The molecule has 1 N–H and O–H groups in total. The molecule has 0 heterocycles. The smallest absolute Gasteiger partial charge is 0.0130 e. The highest BCUT2D eigenvalue weighted by atomic mass is 127. The molecule has 0 atom stereocenters. The Bertz CT molecular complexity index is 377. The first-order valence-electron chi connectivity index (χ1n) is 7.58. The molecule has 106 valence electrons. The molecule has 1 aliphatic rings. The zero-order valence-corrected chi connectivity index (χ0v) is 14.4. The van der Waals surface area contributed by atoms with Gasteiger partial charge in [0, 0.05) is 16.2 Å². The summed E-state index contributed by atoms with van der Waals surface area (Å²) >= 11 is 2.38. The number of nitrogens with one attached hydrogen (secondary N) is 1. The molecule has 0 aliphatic heterocycles. The maximum Gasteiger partial charge on any atom is 0.0130 e. The minimum atomic E-state index is 0.495. The van der Waals surface area contributed by atoms with Crippen LogP contribution in [-0.4, -0.2) is 12.6 Å². The highest BCUT2D eigenvalue weighted by Crippen LogP contribution is 2.39. The molecule has 0 unspecified atom stereocenters. The van der Waals surface area contributed by atoms with Gasteiger partial charge in [-0.1, -0.05) is 45.2 Å². The van der Waals surface area contributed by atoms with E-state index in [1.54, 1.807) is 0 Å². The summed E-state index contributed by atoms with van der Waals surface area (Å²) in [7, 11) is 0. The largest absolute Gasteiger partial charge is 0.314 e. The van der Waals surface area contributed by atoms with Crippen molar-refractivity contribution in [3.05, 3.63) is 33.4 Å². The van der Waals surface area contributed by atoms with E-state index >= 15 is 0 Å². The van der Waals surface area contributed by atoms with Gasteiger partial charge in [-0.15, -0.1) is 0 Å². The van der Waals surface area contributed by atoms with Crippen molar-refractivity contribution in [3.8, 4) is 0 Å². The molecule has 0 spiro atoms. The molecule has 0 bridgehead atoms. The van der Waals surface area contributed by atoms with Crippen LogP contribution in [0.2, 0.25) is 0 Å². The van der Waals surface area contributed by atoms with Gasteiger partial charge in [0.1, 0.15) is 0 Å². The second kappa shape index (κ2) is 7.07. The van der Waals surface area contributed by atoms with Gasteiger partial charge in [-0.25, -0.2) is 0 Å². The van der Waals surface area contributed by atoms with Crippen LogP contribution in [0.5, 0.6) is 0 Å². The van der Waals surface area contributed by atoms with Gasteiger partial charge in [-0.2, -0.15) is 0 Å². The molecule has 1 aromatic carbocycles. The molecule has 2 rings (SSSR count). The third-order valence-electron chi connectivity index (χ3n) is 4.29. The Kier molecular flexibility index (Phi) is 5.70. The van der Waals surface area contributed by atoms with Gasteiger partial charge in [0.25, 0.3) is 0 Å². The van der Waals surface area contributed by atoms with Crippen molar-refractivity contribution >= 4 is 22.6 Å². The summed E-state index contributed by atoms with van der Waals surface area (Å²) in [6.07, 6.45) is 8.26. The maximum absolute atomic E-state index is 3.69. The Morgan fingerprint density at radius 1 is 1.11 bits per heavy atom. The fraction of sp³-hybridized carbons (Fsp3) is 0.647. The van der Waals surface area contributed by atoms with Crippen LogP contribution < -0.4 is 5.32 Å². The van der Waals surface area contributed by atoms with E-state index in [1.165, 1.54) is 54.2 Å². The van der Waals surface area contributed by atoms with E-state index < -0.39 is 0 Å². The lowest BCUT2D eigenvalue weighted by Crippen LogP contribution is -2.40. The van der Waals surface area contributed by atoms with Crippen LogP contribution in [0.1, 0.15) is 51.5 Å². The van der Waals surface area contributed by atoms with Crippen LogP contribution in [0.3, 0.4) is 0 Å². The highest BCUT2D eigenvalue weighted by molar-refractivity contribution is 14.1. The number of halogens is 1. The van der Waals surface area contributed by atoms with Crippen molar-refractivity contribution in [1.29, 1.82) is 0 Å². The lowest BCUT2D eigenvalue weighted by atomic mass is 9.70. The van der Waals surface area contributed by atoms with Crippen LogP contribution in [0.4, 0.5) is 0 Å². The van der Waals surface area contributed by atoms with Crippen LogP contribution >= 0.6 is 22.6 Å². The molecular weight excluding hydrogens is 345 g/mol. The van der Waals surface area contributed by atoms with E-state index in [2.05, 4.69) is 66.0 Å². The summed E-state index contributed by atoms with van der Waals surface area (Å²) in [5.41, 5.74) is 2.00. The monoisotopic (exact) mass is 371 g/mol. The van der Waals surface area contributed by atoms with Gasteiger partial charge in [0.2, 0.25) is 0 Å².